The summed E-state index contributed by atoms with van der Waals surface area (Å²) in [6, 6.07) is 4.46. The molecule has 0 saturated heterocycles. The quantitative estimate of drug-likeness (QED) is 0.653. The molecule has 1 aromatic carbocycles. The van der Waals surface area contributed by atoms with Gasteiger partial charge in [-0.3, -0.25) is 0 Å². The van der Waals surface area contributed by atoms with Crippen molar-refractivity contribution in [3.05, 3.63) is 39.7 Å². The van der Waals surface area contributed by atoms with E-state index < -0.39 is 5.63 Å². The molecular weight excluding hydrogens is 276 g/mol. The molecule has 16 heavy (non-hydrogen) atoms. The minimum atomic E-state index is -0.501. The Morgan fingerprint density at radius 2 is 2.06 bits per heavy atom. The maximum atomic E-state index is 11.6. The Kier molecular flexibility index (Phi) is 2.98. The van der Waals surface area contributed by atoms with Crippen LogP contribution in [-0.4, -0.2) is 10.2 Å². The fourth-order valence-corrected chi connectivity index (χ4v) is 2.18. The molecule has 84 valence electrons. The molecule has 4 nitrogen and oxygen atoms in total. The number of hydrogen-bond acceptors (Lipinski definition) is 4. The van der Waals surface area contributed by atoms with Crippen LogP contribution in [0.1, 0.15) is 11.1 Å². The standard InChI is InChI=1S/C11H9BrO4/c12-4-8-9(5-13)7-2-1-6(14)3-10(7)16-11(8)15/h1-3,13-14H,4-5H2. The van der Waals surface area contributed by atoms with Gasteiger partial charge in [-0.25, -0.2) is 4.79 Å². The molecule has 0 aliphatic rings. The lowest BCUT2D eigenvalue weighted by Crippen LogP contribution is -2.10. The Labute approximate surface area is 99.3 Å². The maximum Gasteiger partial charge on any atom is 0.340 e. The summed E-state index contributed by atoms with van der Waals surface area (Å²) in [5.74, 6) is 0.0196. The van der Waals surface area contributed by atoms with E-state index in [2.05, 4.69) is 15.9 Å². The van der Waals surface area contributed by atoms with Crippen LogP contribution in [0.15, 0.2) is 27.4 Å². The molecule has 0 fully saturated rings. The van der Waals surface area contributed by atoms with Crippen LogP contribution >= 0.6 is 15.9 Å². The van der Waals surface area contributed by atoms with Crippen molar-refractivity contribution in [1.82, 2.24) is 0 Å². The Bertz CT molecular complexity index is 588. The first-order valence-corrected chi connectivity index (χ1v) is 5.74. The van der Waals surface area contributed by atoms with E-state index >= 15 is 0 Å². The average Bonchev–Trinajstić information content (AvgIpc) is 2.26. The van der Waals surface area contributed by atoms with E-state index in [-0.39, 0.29) is 17.9 Å². The normalized spacial score (nSPS) is 10.9. The number of aromatic hydroxyl groups is 1. The lowest BCUT2D eigenvalue weighted by atomic mass is 10.1. The van der Waals surface area contributed by atoms with E-state index in [9.17, 15) is 15.0 Å². The topological polar surface area (TPSA) is 70.7 Å². The van der Waals surface area contributed by atoms with Gasteiger partial charge < -0.3 is 14.6 Å². The van der Waals surface area contributed by atoms with E-state index in [0.717, 1.165) is 0 Å². The first kappa shape index (κ1) is 11.2. The summed E-state index contributed by atoms with van der Waals surface area (Å²) in [4.78, 5) is 11.6. The van der Waals surface area contributed by atoms with Gasteiger partial charge in [-0.1, -0.05) is 15.9 Å². The average molecular weight is 285 g/mol. The van der Waals surface area contributed by atoms with Crippen LogP contribution in [0.3, 0.4) is 0 Å². The smallest absolute Gasteiger partial charge is 0.340 e. The maximum absolute atomic E-state index is 11.6. The zero-order valence-corrected chi connectivity index (χ0v) is 9.82. The molecule has 0 unspecified atom stereocenters. The number of rotatable bonds is 2. The lowest BCUT2D eigenvalue weighted by molar-refractivity contribution is 0.281. The molecule has 0 amide bonds. The molecule has 1 aromatic heterocycles. The zero-order chi connectivity index (χ0) is 11.7. The van der Waals surface area contributed by atoms with Crippen molar-refractivity contribution >= 4 is 26.9 Å². The fraction of sp³-hybridized carbons (Fsp3) is 0.182. The third-order valence-corrected chi connectivity index (χ3v) is 2.96. The number of phenolic OH excluding ortho intramolecular Hbond substituents is 1. The van der Waals surface area contributed by atoms with Crippen LogP contribution in [0.25, 0.3) is 11.0 Å². The molecular formula is C11H9BrO4. The molecule has 1 heterocycles. The number of phenols is 1. The Balaban J connectivity index is 2.90. The predicted molar refractivity (Wildman–Crippen MR) is 62.7 cm³/mol. The van der Waals surface area contributed by atoms with Crippen LogP contribution in [0.2, 0.25) is 0 Å². The minimum Gasteiger partial charge on any atom is -0.508 e. The van der Waals surface area contributed by atoms with Gasteiger partial charge in [0.25, 0.3) is 0 Å². The number of fused-ring (bicyclic) bond motifs is 1. The monoisotopic (exact) mass is 284 g/mol. The molecule has 0 radical (unpaired) electrons. The molecule has 0 aliphatic heterocycles. The molecule has 0 atom stereocenters. The molecule has 0 bridgehead atoms. The molecule has 0 saturated carbocycles. The SMILES string of the molecule is O=c1oc2cc(O)ccc2c(CO)c1CBr. The van der Waals surface area contributed by atoms with Crippen LogP contribution in [0.5, 0.6) is 5.75 Å². The van der Waals surface area contributed by atoms with Gasteiger partial charge in [-0.05, 0) is 17.7 Å². The highest BCUT2D eigenvalue weighted by Crippen LogP contribution is 2.24. The van der Waals surface area contributed by atoms with Crippen molar-refractivity contribution in [2.45, 2.75) is 11.9 Å². The van der Waals surface area contributed by atoms with Crippen LogP contribution in [-0.2, 0) is 11.9 Å². The van der Waals surface area contributed by atoms with E-state index in [4.69, 9.17) is 4.42 Å². The summed E-state index contributed by atoms with van der Waals surface area (Å²) in [5, 5.41) is 19.5. The number of aliphatic hydroxyl groups excluding tert-OH is 1. The Morgan fingerprint density at radius 1 is 1.31 bits per heavy atom. The first-order valence-electron chi connectivity index (χ1n) is 4.61. The molecule has 2 rings (SSSR count). The Morgan fingerprint density at radius 3 is 2.69 bits per heavy atom. The van der Waals surface area contributed by atoms with Gasteiger partial charge in [0, 0.05) is 16.8 Å². The van der Waals surface area contributed by atoms with Gasteiger partial charge in [0.1, 0.15) is 11.3 Å². The van der Waals surface area contributed by atoms with Gasteiger partial charge in [-0.15, -0.1) is 0 Å². The highest BCUT2D eigenvalue weighted by molar-refractivity contribution is 9.08. The van der Waals surface area contributed by atoms with E-state index in [1.165, 1.54) is 12.1 Å². The van der Waals surface area contributed by atoms with Gasteiger partial charge in [0.2, 0.25) is 0 Å². The highest BCUT2D eigenvalue weighted by atomic mass is 79.9. The number of benzene rings is 1. The van der Waals surface area contributed by atoms with Crippen molar-refractivity contribution in [3.8, 4) is 5.75 Å². The molecule has 2 aromatic rings. The van der Waals surface area contributed by atoms with Gasteiger partial charge >= 0.3 is 5.63 Å². The number of alkyl halides is 1. The van der Waals surface area contributed by atoms with Crippen molar-refractivity contribution in [2.24, 2.45) is 0 Å². The van der Waals surface area contributed by atoms with Gasteiger partial charge in [-0.2, -0.15) is 0 Å². The Hall–Kier alpha value is -1.33. The molecule has 2 N–H and O–H groups in total. The number of halogens is 1. The van der Waals surface area contributed by atoms with Crippen molar-refractivity contribution < 1.29 is 14.6 Å². The number of hydrogen-bond donors (Lipinski definition) is 2. The second-order valence-electron chi connectivity index (χ2n) is 3.32. The van der Waals surface area contributed by atoms with Crippen LogP contribution in [0.4, 0.5) is 0 Å². The van der Waals surface area contributed by atoms with Gasteiger partial charge in [0.05, 0.1) is 12.2 Å². The number of aliphatic hydroxyl groups is 1. The van der Waals surface area contributed by atoms with Crippen molar-refractivity contribution in [1.29, 1.82) is 0 Å². The third-order valence-electron chi connectivity index (χ3n) is 2.40. The second kappa shape index (κ2) is 4.27. The second-order valence-corrected chi connectivity index (χ2v) is 3.88. The predicted octanol–water partition coefficient (Wildman–Crippen LogP) is 1.89. The van der Waals surface area contributed by atoms with E-state index in [1.54, 1.807) is 6.07 Å². The highest BCUT2D eigenvalue weighted by Gasteiger charge is 2.12. The van der Waals surface area contributed by atoms with Crippen molar-refractivity contribution in [3.63, 3.8) is 0 Å². The van der Waals surface area contributed by atoms with Crippen LogP contribution < -0.4 is 5.63 Å². The zero-order valence-electron chi connectivity index (χ0n) is 8.24. The van der Waals surface area contributed by atoms with Crippen LogP contribution in [0, 0.1) is 0 Å². The van der Waals surface area contributed by atoms with E-state index in [1.807, 2.05) is 0 Å². The summed E-state index contributed by atoms with van der Waals surface area (Å²) in [6.45, 7) is -0.242. The lowest BCUT2D eigenvalue weighted by Gasteiger charge is -2.07. The summed E-state index contributed by atoms with van der Waals surface area (Å²) in [7, 11) is 0. The molecule has 0 aliphatic carbocycles. The fourth-order valence-electron chi connectivity index (χ4n) is 1.61. The van der Waals surface area contributed by atoms with Gasteiger partial charge in [0.15, 0.2) is 0 Å². The van der Waals surface area contributed by atoms with Crippen molar-refractivity contribution in [2.75, 3.05) is 0 Å². The summed E-state index contributed by atoms with van der Waals surface area (Å²) in [5.41, 5.74) is 0.710. The first-order chi connectivity index (χ1) is 7.67. The molecule has 0 spiro atoms. The third kappa shape index (κ3) is 1.72. The summed E-state index contributed by atoms with van der Waals surface area (Å²) < 4.78 is 5.05. The van der Waals surface area contributed by atoms with E-state index in [0.29, 0.717) is 21.8 Å². The molecule has 5 heteroatoms. The summed E-state index contributed by atoms with van der Waals surface area (Å²) >= 11 is 3.18. The summed E-state index contributed by atoms with van der Waals surface area (Å²) in [6.07, 6.45) is 0. The minimum absolute atomic E-state index is 0.0196. The largest absolute Gasteiger partial charge is 0.508 e.